The molecule has 0 amide bonds. The van der Waals surface area contributed by atoms with Crippen molar-refractivity contribution < 1.29 is 14.3 Å². The number of carboxylic acid groups (broad SMARTS) is 1. The van der Waals surface area contributed by atoms with Crippen LogP contribution in [0.5, 0.6) is 0 Å². The third-order valence-electron chi connectivity index (χ3n) is 3.30. The van der Waals surface area contributed by atoms with E-state index in [1.165, 1.54) is 12.1 Å². The quantitative estimate of drug-likeness (QED) is 0.749. The van der Waals surface area contributed by atoms with E-state index in [9.17, 15) is 9.18 Å². The van der Waals surface area contributed by atoms with Gasteiger partial charge in [0.1, 0.15) is 5.82 Å². The van der Waals surface area contributed by atoms with Gasteiger partial charge in [0.05, 0.1) is 5.56 Å². The van der Waals surface area contributed by atoms with Crippen LogP contribution in [0.15, 0.2) is 60.7 Å². The average molecular weight is 266 g/mol. The maximum Gasteiger partial charge on any atom is 0.338 e. The first kappa shape index (κ1) is 12.4. The minimum absolute atomic E-state index is 0.310. The van der Waals surface area contributed by atoms with Crippen LogP contribution in [0, 0.1) is 5.82 Å². The summed E-state index contributed by atoms with van der Waals surface area (Å²) in [5.41, 5.74) is 1.28. The van der Waals surface area contributed by atoms with E-state index in [1.807, 2.05) is 42.5 Å². The Bertz CT molecular complexity index is 804. The molecule has 0 fully saturated rings. The predicted molar refractivity (Wildman–Crippen MR) is 76.3 cm³/mol. The molecule has 0 saturated heterocycles. The lowest BCUT2D eigenvalue weighted by Crippen LogP contribution is -2.00. The molecule has 0 aliphatic rings. The van der Waals surface area contributed by atoms with E-state index in [-0.39, 0.29) is 5.56 Å². The topological polar surface area (TPSA) is 37.3 Å². The number of carbonyl (C=O) groups is 1. The Morgan fingerprint density at radius 2 is 1.70 bits per heavy atom. The van der Waals surface area contributed by atoms with Gasteiger partial charge in [-0.2, -0.15) is 0 Å². The van der Waals surface area contributed by atoms with E-state index < -0.39 is 11.8 Å². The minimum atomic E-state index is -1.26. The highest BCUT2D eigenvalue weighted by atomic mass is 19.1. The molecule has 0 bridgehead atoms. The van der Waals surface area contributed by atoms with E-state index in [1.54, 1.807) is 6.07 Å². The summed E-state index contributed by atoms with van der Waals surface area (Å²) in [5.74, 6) is -1.98. The Morgan fingerprint density at radius 1 is 0.950 bits per heavy atom. The smallest absolute Gasteiger partial charge is 0.338 e. The zero-order valence-corrected chi connectivity index (χ0v) is 10.5. The van der Waals surface area contributed by atoms with Crippen LogP contribution in [0.2, 0.25) is 0 Å². The Morgan fingerprint density at radius 3 is 2.50 bits per heavy atom. The Kier molecular flexibility index (Phi) is 2.95. The molecule has 0 atom stereocenters. The molecule has 3 aromatic rings. The summed E-state index contributed by atoms with van der Waals surface area (Å²) in [4.78, 5) is 11.0. The van der Waals surface area contributed by atoms with Gasteiger partial charge in [-0.25, -0.2) is 9.18 Å². The second-order valence-electron chi connectivity index (χ2n) is 4.53. The number of carboxylic acids is 1. The summed E-state index contributed by atoms with van der Waals surface area (Å²) in [6, 6.07) is 17.8. The first-order valence-electron chi connectivity index (χ1n) is 6.18. The number of hydrogen-bond donors (Lipinski definition) is 1. The van der Waals surface area contributed by atoms with E-state index in [4.69, 9.17) is 5.11 Å². The molecule has 3 rings (SSSR count). The molecule has 0 radical (unpaired) electrons. The molecule has 3 heteroatoms. The summed E-state index contributed by atoms with van der Waals surface area (Å²) in [5, 5.41) is 11.1. The fourth-order valence-electron chi connectivity index (χ4n) is 2.33. The maximum atomic E-state index is 13.5. The number of benzene rings is 3. The van der Waals surface area contributed by atoms with Crippen molar-refractivity contribution in [1.82, 2.24) is 0 Å². The number of hydrogen-bond acceptors (Lipinski definition) is 1. The van der Waals surface area contributed by atoms with Crippen LogP contribution in [0.4, 0.5) is 4.39 Å². The molecule has 98 valence electrons. The van der Waals surface area contributed by atoms with Gasteiger partial charge in [-0.3, -0.25) is 0 Å². The number of aromatic carboxylic acids is 1. The molecule has 0 heterocycles. The van der Waals surface area contributed by atoms with Crippen LogP contribution in [-0.4, -0.2) is 11.1 Å². The number of halogens is 1. The second-order valence-corrected chi connectivity index (χ2v) is 4.53. The zero-order chi connectivity index (χ0) is 14.1. The molecular weight excluding hydrogens is 255 g/mol. The van der Waals surface area contributed by atoms with Crippen LogP contribution in [0.1, 0.15) is 10.4 Å². The Labute approximate surface area is 115 Å². The third kappa shape index (κ3) is 2.03. The normalized spacial score (nSPS) is 10.7. The zero-order valence-electron chi connectivity index (χ0n) is 10.5. The lowest BCUT2D eigenvalue weighted by Gasteiger charge is -2.08. The van der Waals surface area contributed by atoms with Gasteiger partial charge >= 0.3 is 5.97 Å². The van der Waals surface area contributed by atoms with Gasteiger partial charge in [-0.15, -0.1) is 0 Å². The van der Waals surface area contributed by atoms with E-state index in [2.05, 4.69) is 0 Å². The highest BCUT2D eigenvalue weighted by Gasteiger charge is 2.12. The van der Waals surface area contributed by atoms with Gasteiger partial charge in [0.25, 0.3) is 0 Å². The monoisotopic (exact) mass is 266 g/mol. The van der Waals surface area contributed by atoms with E-state index >= 15 is 0 Å². The fraction of sp³-hybridized carbons (Fsp3) is 0. The predicted octanol–water partition coefficient (Wildman–Crippen LogP) is 4.34. The summed E-state index contributed by atoms with van der Waals surface area (Å²) in [6.45, 7) is 0. The van der Waals surface area contributed by atoms with Gasteiger partial charge in [0.2, 0.25) is 0 Å². The van der Waals surface area contributed by atoms with Crippen LogP contribution < -0.4 is 0 Å². The molecule has 20 heavy (non-hydrogen) atoms. The summed E-state index contributed by atoms with van der Waals surface area (Å²) >= 11 is 0. The van der Waals surface area contributed by atoms with Gasteiger partial charge in [-0.05, 0) is 34.0 Å². The summed E-state index contributed by atoms with van der Waals surface area (Å²) in [6.07, 6.45) is 0. The molecule has 3 aromatic carbocycles. The standard InChI is InChI=1S/C17H11FO2/c18-16-9-8-12(10-15(16)17(19)20)14-7-3-5-11-4-1-2-6-13(11)14/h1-10H,(H,19,20). The molecule has 0 aromatic heterocycles. The van der Waals surface area contributed by atoms with Crippen molar-refractivity contribution in [3.05, 3.63) is 72.0 Å². The van der Waals surface area contributed by atoms with Crippen molar-refractivity contribution in [2.24, 2.45) is 0 Å². The van der Waals surface area contributed by atoms with E-state index in [0.29, 0.717) is 5.56 Å². The molecule has 0 unspecified atom stereocenters. The SMILES string of the molecule is O=C(O)c1cc(-c2cccc3ccccc23)ccc1F. The number of fused-ring (bicyclic) bond motifs is 1. The van der Waals surface area contributed by atoms with Crippen molar-refractivity contribution in [2.75, 3.05) is 0 Å². The van der Waals surface area contributed by atoms with Gasteiger partial charge in [0, 0.05) is 0 Å². The lowest BCUT2D eigenvalue weighted by atomic mass is 9.97. The van der Waals surface area contributed by atoms with Crippen LogP contribution in [0.25, 0.3) is 21.9 Å². The Balaban J connectivity index is 2.26. The van der Waals surface area contributed by atoms with Crippen LogP contribution in [0.3, 0.4) is 0 Å². The summed E-state index contributed by atoms with van der Waals surface area (Å²) < 4.78 is 13.5. The van der Waals surface area contributed by atoms with E-state index in [0.717, 1.165) is 16.3 Å². The number of rotatable bonds is 2. The molecule has 0 aliphatic carbocycles. The van der Waals surface area contributed by atoms with Gasteiger partial charge in [-0.1, -0.05) is 48.5 Å². The second kappa shape index (κ2) is 4.78. The van der Waals surface area contributed by atoms with Crippen molar-refractivity contribution in [3.63, 3.8) is 0 Å². The average Bonchev–Trinajstić information content (AvgIpc) is 2.47. The Hall–Kier alpha value is -2.68. The molecule has 2 nitrogen and oxygen atoms in total. The van der Waals surface area contributed by atoms with Crippen molar-refractivity contribution in [3.8, 4) is 11.1 Å². The van der Waals surface area contributed by atoms with Crippen LogP contribution >= 0.6 is 0 Å². The summed E-state index contributed by atoms with van der Waals surface area (Å²) in [7, 11) is 0. The van der Waals surface area contributed by atoms with Gasteiger partial charge in [0.15, 0.2) is 0 Å². The van der Waals surface area contributed by atoms with Crippen molar-refractivity contribution in [2.45, 2.75) is 0 Å². The minimum Gasteiger partial charge on any atom is -0.478 e. The molecule has 0 spiro atoms. The molecule has 1 N–H and O–H groups in total. The highest BCUT2D eigenvalue weighted by Crippen LogP contribution is 2.29. The van der Waals surface area contributed by atoms with Gasteiger partial charge < -0.3 is 5.11 Å². The lowest BCUT2D eigenvalue weighted by molar-refractivity contribution is 0.0692. The fourth-order valence-corrected chi connectivity index (χ4v) is 2.33. The van der Waals surface area contributed by atoms with Crippen LogP contribution in [-0.2, 0) is 0 Å². The molecule has 0 aliphatic heterocycles. The third-order valence-corrected chi connectivity index (χ3v) is 3.30. The largest absolute Gasteiger partial charge is 0.478 e. The first-order chi connectivity index (χ1) is 9.66. The van der Waals surface area contributed by atoms with Crippen molar-refractivity contribution in [1.29, 1.82) is 0 Å². The molecule has 0 saturated carbocycles. The highest BCUT2D eigenvalue weighted by molar-refractivity contribution is 5.98. The first-order valence-corrected chi connectivity index (χ1v) is 6.18. The maximum absolute atomic E-state index is 13.5. The van der Waals surface area contributed by atoms with Crippen molar-refractivity contribution >= 4 is 16.7 Å². The molecular formula is C17H11FO2.